The first-order valence-corrected chi connectivity index (χ1v) is 7.54. The van der Waals surface area contributed by atoms with Crippen LogP contribution in [0.1, 0.15) is 48.8 Å². The van der Waals surface area contributed by atoms with Crippen LogP contribution in [-0.2, 0) is 6.54 Å². The first-order chi connectivity index (χ1) is 8.88. The second-order valence-electron chi connectivity index (χ2n) is 4.88. The Morgan fingerprint density at radius 1 is 1.56 bits per heavy atom. The fourth-order valence-electron chi connectivity index (χ4n) is 2.31. The SMILES string of the molecule is CCC(NCc1cncn1C1CC1)c1cccs1. The molecule has 0 aliphatic heterocycles. The third kappa shape index (κ3) is 2.49. The van der Waals surface area contributed by atoms with Gasteiger partial charge >= 0.3 is 0 Å². The van der Waals surface area contributed by atoms with Gasteiger partial charge in [-0.2, -0.15) is 0 Å². The number of imidazole rings is 1. The molecule has 4 heteroatoms. The molecule has 0 saturated heterocycles. The van der Waals surface area contributed by atoms with Gasteiger partial charge < -0.3 is 9.88 Å². The van der Waals surface area contributed by atoms with Crippen molar-refractivity contribution < 1.29 is 0 Å². The summed E-state index contributed by atoms with van der Waals surface area (Å²) < 4.78 is 2.33. The van der Waals surface area contributed by atoms with Crippen molar-refractivity contribution in [1.29, 1.82) is 0 Å². The number of thiophene rings is 1. The van der Waals surface area contributed by atoms with Crippen LogP contribution in [0.25, 0.3) is 0 Å². The standard InChI is InChI=1S/C14H19N3S/c1-2-13(14-4-3-7-18-14)16-9-12-8-15-10-17(12)11-5-6-11/h3-4,7-8,10-11,13,16H,2,5-6,9H2,1H3. The van der Waals surface area contributed by atoms with Gasteiger partial charge in [0.1, 0.15) is 0 Å². The Morgan fingerprint density at radius 2 is 2.44 bits per heavy atom. The third-order valence-electron chi connectivity index (χ3n) is 3.51. The topological polar surface area (TPSA) is 29.9 Å². The Bertz CT molecular complexity index is 485. The molecule has 1 aliphatic rings. The van der Waals surface area contributed by atoms with Crippen LogP contribution in [-0.4, -0.2) is 9.55 Å². The molecule has 1 N–H and O–H groups in total. The zero-order chi connectivity index (χ0) is 12.4. The molecular formula is C14H19N3S. The largest absolute Gasteiger partial charge is 0.330 e. The third-order valence-corrected chi connectivity index (χ3v) is 4.50. The monoisotopic (exact) mass is 261 g/mol. The fourth-order valence-corrected chi connectivity index (χ4v) is 3.20. The highest BCUT2D eigenvalue weighted by atomic mass is 32.1. The zero-order valence-corrected chi connectivity index (χ0v) is 11.5. The van der Waals surface area contributed by atoms with Crippen LogP contribution in [0.15, 0.2) is 30.0 Å². The minimum atomic E-state index is 0.465. The predicted octanol–water partition coefficient (Wildman–Crippen LogP) is 3.52. The molecule has 0 radical (unpaired) electrons. The molecule has 96 valence electrons. The molecule has 0 aromatic carbocycles. The lowest BCUT2D eigenvalue weighted by Gasteiger charge is -2.16. The Hall–Kier alpha value is -1.13. The normalized spacial score (nSPS) is 16.9. The van der Waals surface area contributed by atoms with E-state index in [1.807, 2.05) is 23.9 Å². The molecule has 1 unspecified atom stereocenters. The molecule has 0 bridgehead atoms. The predicted molar refractivity (Wildman–Crippen MR) is 74.7 cm³/mol. The maximum Gasteiger partial charge on any atom is 0.0951 e. The molecule has 1 atom stereocenters. The summed E-state index contributed by atoms with van der Waals surface area (Å²) in [6.07, 6.45) is 7.71. The van der Waals surface area contributed by atoms with Gasteiger partial charge in [-0.3, -0.25) is 0 Å². The van der Waals surface area contributed by atoms with E-state index in [0.717, 1.165) is 13.0 Å². The molecular weight excluding hydrogens is 242 g/mol. The molecule has 18 heavy (non-hydrogen) atoms. The van der Waals surface area contributed by atoms with Crippen LogP contribution in [0.5, 0.6) is 0 Å². The van der Waals surface area contributed by atoms with E-state index in [4.69, 9.17) is 0 Å². The summed E-state index contributed by atoms with van der Waals surface area (Å²) in [5.74, 6) is 0. The summed E-state index contributed by atoms with van der Waals surface area (Å²) in [6.45, 7) is 3.14. The number of aromatic nitrogens is 2. The van der Waals surface area contributed by atoms with Crippen molar-refractivity contribution in [2.75, 3.05) is 0 Å². The number of rotatable bonds is 6. The Labute approximate surface area is 112 Å². The summed E-state index contributed by atoms with van der Waals surface area (Å²) in [5, 5.41) is 5.79. The van der Waals surface area contributed by atoms with E-state index in [1.165, 1.54) is 23.4 Å². The molecule has 2 aromatic rings. The molecule has 3 nitrogen and oxygen atoms in total. The quantitative estimate of drug-likeness (QED) is 0.862. The summed E-state index contributed by atoms with van der Waals surface area (Å²) in [4.78, 5) is 5.70. The first kappa shape index (κ1) is 11.9. The number of hydrogen-bond donors (Lipinski definition) is 1. The maximum absolute atomic E-state index is 4.28. The first-order valence-electron chi connectivity index (χ1n) is 6.66. The Morgan fingerprint density at radius 3 is 3.11 bits per heavy atom. The van der Waals surface area contributed by atoms with Gasteiger partial charge in [-0.05, 0) is 30.7 Å². The molecule has 0 amide bonds. The molecule has 1 aliphatic carbocycles. The van der Waals surface area contributed by atoms with E-state index < -0.39 is 0 Å². The van der Waals surface area contributed by atoms with E-state index in [9.17, 15) is 0 Å². The Kier molecular flexibility index (Phi) is 3.48. The zero-order valence-electron chi connectivity index (χ0n) is 10.7. The van der Waals surface area contributed by atoms with Crippen LogP contribution in [0, 0.1) is 0 Å². The lowest BCUT2D eigenvalue weighted by Crippen LogP contribution is -2.21. The van der Waals surface area contributed by atoms with Crippen molar-refractivity contribution in [3.05, 3.63) is 40.6 Å². The summed E-state index contributed by atoms with van der Waals surface area (Å²) in [6, 6.07) is 5.52. The van der Waals surface area contributed by atoms with Gasteiger partial charge in [-0.1, -0.05) is 13.0 Å². The van der Waals surface area contributed by atoms with Gasteiger partial charge in [0.05, 0.1) is 12.0 Å². The van der Waals surface area contributed by atoms with Crippen molar-refractivity contribution in [2.24, 2.45) is 0 Å². The van der Waals surface area contributed by atoms with Crippen LogP contribution >= 0.6 is 11.3 Å². The summed E-state index contributed by atoms with van der Waals surface area (Å²) in [5.41, 5.74) is 1.31. The van der Waals surface area contributed by atoms with E-state index in [1.54, 1.807) is 0 Å². The number of nitrogens with zero attached hydrogens (tertiary/aromatic N) is 2. The molecule has 1 fully saturated rings. The van der Waals surface area contributed by atoms with Gasteiger partial charge in [0.2, 0.25) is 0 Å². The van der Waals surface area contributed by atoms with Crippen molar-refractivity contribution in [2.45, 2.75) is 44.8 Å². The van der Waals surface area contributed by atoms with Crippen molar-refractivity contribution in [3.8, 4) is 0 Å². The second kappa shape index (κ2) is 5.24. The van der Waals surface area contributed by atoms with Crippen LogP contribution < -0.4 is 5.32 Å². The minimum Gasteiger partial charge on any atom is -0.330 e. The van der Waals surface area contributed by atoms with Crippen LogP contribution in [0.4, 0.5) is 0 Å². The average molecular weight is 261 g/mol. The van der Waals surface area contributed by atoms with Gasteiger partial charge in [0.15, 0.2) is 0 Å². The molecule has 3 rings (SSSR count). The van der Waals surface area contributed by atoms with Gasteiger partial charge in [-0.15, -0.1) is 11.3 Å². The Balaban J connectivity index is 1.64. The van der Waals surface area contributed by atoms with Gasteiger partial charge in [-0.25, -0.2) is 4.98 Å². The van der Waals surface area contributed by atoms with E-state index in [2.05, 4.69) is 39.3 Å². The smallest absolute Gasteiger partial charge is 0.0951 e. The number of hydrogen-bond acceptors (Lipinski definition) is 3. The molecule has 0 spiro atoms. The maximum atomic E-state index is 4.28. The summed E-state index contributed by atoms with van der Waals surface area (Å²) in [7, 11) is 0. The fraction of sp³-hybridized carbons (Fsp3) is 0.500. The van der Waals surface area contributed by atoms with Crippen LogP contribution in [0.2, 0.25) is 0 Å². The summed E-state index contributed by atoms with van der Waals surface area (Å²) >= 11 is 1.83. The molecule has 2 aromatic heterocycles. The highest BCUT2D eigenvalue weighted by Crippen LogP contribution is 2.35. The lowest BCUT2D eigenvalue weighted by atomic mass is 10.2. The lowest BCUT2D eigenvalue weighted by molar-refractivity contribution is 0.509. The van der Waals surface area contributed by atoms with E-state index in [0.29, 0.717) is 12.1 Å². The highest BCUT2D eigenvalue weighted by Gasteiger charge is 2.25. The van der Waals surface area contributed by atoms with Crippen molar-refractivity contribution in [1.82, 2.24) is 14.9 Å². The molecule has 2 heterocycles. The van der Waals surface area contributed by atoms with Crippen molar-refractivity contribution in [3.63, 3.8) is 0 Å². The van der Waals surface area contributed by atoms with E-state index in [-0.39, 0.29) is 0 Å². The van der Waals surface area contributed by atoms with E-state index >= 15 is 0 Å². The number of nitrogens with one attached hydrogen (secondary N) is 1. The molecule has 1 saturated carbocycles. The highest BCUT2D eigenvalue weighted by molar-refractivity contribution is 7.10. The average Bonchev–Trinajstić information content (AvgIpc) is 2.92. The second-order valence-corrected chi connectivity index (χ2v) is 5.86. The van der Waals surface area contributed by atoms with Crippen molar-refractivity contribution >= 4 is 11.3 Å². The minimum absolute atomic E-state index is 0.465. The van der Waals surface area contributed by atoms with Gasteiger partial charge in [0, 0.05) is 29.7 Å². The van der Waals surface area contributed by atoms with Crippen LogP contribution in [0.3, 0.4) is 0 Å². The van der Waals surface area contributed by atoms with Gasteiger partial charge in [0.25, 0.3) is 0 Å².